The lowest BCUT2D eigenvalue weighted by Crippen LogP contribution is -2.07. The van der Waals surface area contributed by atoms with Crippen LogP contribution in [-0.4, -0.2) is 16.5 Å². The fraction of sp³-hybridized carbons (Fsp3) is 0.286. The molecule has 20 heavy (non-hydrogen) atoms. The lowest BCUT2D eigenvalue weighted by molar-refractivity contribution is 0.958. The van der Waals surface area contributed by atoms with Crippen molar-refractivity contribution in [2.75, 3.05) is 11.9 Å². The summed E-state index contributed by atoms with van der Waals surface area (Å²) in [6.45, 7) is 4.96. The van der Waals surface area contributed by atoms with Gasteiger partial charge < -0.3 is 5.32 Å². The Bertz CT molecular complexity index is 612. The van der Waals surface area contributed by atoms with Crippen molar-refractivity contribution in [3.8, 4) is 11.4 Å². The molecule has 0 saturated heterocycles. The second-order valence-electron chi connectivity index (χ2n) is 4.38. The van der Waals surface area contributed by atoms with Crippen LogP contribution in [0.2, 0.25) is 10.0 Å². The van der Waals surface area contributed by atoms with E-state index in [1.807, 2.05) is 19.1 Å². The van der Waals surface area contributed by atoms with Crippen LogP contribution in [0.1, 0.15) is 19.0 Å². The van der Waals surface area contributed by atoms with Crippen LogP contribution in [0.5, 0.6) is 0 Å². The van der Waals surface area contributed by atoms with Gasteiger partial charge in [-0.05, 0) is 54.1 Å². The van der Waals surface area contributed by atoms with Gasteiger partial charge in [0, 0.05) is 22.2 Å². The standard InChI is InChI=1S/C14H14Cl2IN3/c1-3-4-18-14-12(17)8(2)19-13(20-14)9-5-10(15)7-11(16)6-9/h5-7H,3-4H2,1-2H3,(H,18,19,20). The molecule has 1 aromatic heterocycles. The van der Waals surface area contributed by atoms with Crippen molar-refractivity contribution >= 4 is 51.6 Å². The minimum absolute atomic E-state index is 0.579. The molecule has 0 saturated carbocycles. The Morgan fingerprint density at radius 3 is 2.40 bits per heavy atom. The van der Waals surface area contributed by atoms with E-state index in [1.165, 1.54) is 0 Å². The fourth-order valence-electron chi connectivity index (χ4n) is 1.73. The van der Waals surface area contributed by atoms with Gasteiger partial charge in [0.25, 0.3) is 0 Å². The zero-order chi connectivity index (χ0) is 14.7. The molecule has 0 radical (unpaired) electrons. The molecule has 1 heterocycles. The molecule has 0 fully saturated rings. The maximum absolute atomic E-state index is 6.04. The summed E-state index contributed by atoms with van der Waals surface area (Å²) in [5.74, 6) is 1.48. The highest BCUT2D eigenvalue weighted by Gasteiger charge is 2.11. The monoisotopic (exact) mass is 421 g/mol. The van der Waals surface area contributed by atoms with Gasteiger partial charge in [0.05, 0.1) is 9.26 Å². The molecule has 0 aliphatic carbocycles. The quantitative estimate of drug-likeness (QED) is 0.690. The zero-order valence-electron chi connectivity index (χ0n) is 11.2. The fourth-order valence-corrected chi connectivity index (χ4v) is 2.69. The first-order valence-electron chi connectivity index (χ1n) is 6.25. The molecule has 1 aromatic carbocycles. The van der Waals surface area contributed by atoms with Crippen LogP contribution in [0, 0.1) is 10.5 Å². The van der Waals surface area contributed by atoms with Crippen LogP contribution in [0.15, 0.2) is 18.2 Å². The van der Waals surface area contributed by atoms with Gasteiger partial charge >= 0.3 is 0 Å². The summed E-state index contributed by atoms with van der Waals surface area (Å²) >= 11 is 14.3. The second kappa shape index (κ2) is 6.91. The third-order valence-electron chi connectivity index (χ3n) is 2.68. The maximum atomic E-state index is 6.04. The first-order chi connectivity index (χ1) is 9.51. The van der Waals surface area contributed by atoms with Gasteiger partial charge in [0.15, 0.2) is 5.82 Å². The third kappa shape index (κ3) is 3.74. The number of nitrogens with one attached hydrogen (secondary N) is 1. The normalized spacial score (nSPS) is 10.7. The molecule has 0 unspecified atom stereocenters. The number of nitrogens with zero attached hydrogens (tertiary/aromatic N) is 2. The molecule has 0 atom stereocenters. The van der Waals surface area contributed by atoms with Crippen molar-refractivity contribution in [2.24, 2.45) is 0 Å². The third-order valence-corrected chi connectivity index (χ3v) is 4.41. The predicted molar refractivity (Wildman–Crippen MR) is 93.7 cm³/mol. The average molecular weight is 422 g/mol. The highest BCUT2D eigenvalue weighted by Crippen LogP contribution is 2.28. The molecule has 1 N–H and O–H groups in total. The van der Waals surface area contributed by atoms with Crippen molar-refractivity contribution in [3.05, 3.63) is 37.5 Å². The summed E-state index contributed by atoms with van der Waals surface area (Å²) in [6, 6.07) is 5.33. The van der Waals surface area contributed by atoms with Gasteiger partial charge in [-0.15, -0.1) is 0 Å². The molecule has 0 aliphatic heterocycles. The highest BCUT2D eigenvalue weighted by molar-refractivity contribution is 14.1. The van der Waals surface area contributed by atoms with Gasteiger partial charge in [-0.2, -0.15) is 0 Å². The van der Waals surface area contributed by atoms with Crippen LogP contribution in [-0.2, 0) is 0 Å². The molecule has 0 amide bonds. The molecule has 2 rings (SSSR count). The summed E-state index contributed by atoms with van der Waals surface area (Å²) in [5.41, 5.74) is 1.76. The van der Waals surface area contributed by atoms with Crippen molar-refractivity contribution < 1.29 is 0 Å². The van der Waals surface area contributed by atoms with Gasteiger partial charge in [-0.1, -0.05) is 30.1 Å². The Morgan fingerprint density at radius 1 is 1.15 bits per heavy atom. The van der Waals surface area contributed by atoms with Crippen molar-refractivity contribution in [1.29, 1.82) is 0 Å². The first-order valence-corrected chi connectivity index (χ1v) is 8.09. The Morgan fingerprint density at radius 2 is 1.80 bits per heavy atom. The van der Waals surface area contributed by atoms with Gasteiger partial charge in [0.1, 0.15) is 5.82 Å². The van der Waals surface area contributed by atoms with Crippen LogP contribution in [0.25, 0.3) is 11.4 Å². The molecular weight excluding hydrogens is 408 g/mol. The van der Waals surface area contributed by atoms with Crippen LogP contribution < -0.4 is 5.32 Å². The summed E-state index contributed by atoms with van der Waals surface area (Å²) < 4.78 is 1.04. The van der Waals surface area contributed by atoms with E-state index in [0.717, 1.165) is 33.6 Å². The van der Waals surface area contributed by atoms with Crippen molar-refractivity contribution in [1.82, 2.24) is 9.97 Å². The van der Waals surface area contributed by atoms with E-state index in [2.05, 4.69) is 44.8 Å². The number of halogens is 3. The SMILES string of the molecule is CCCNc1nc(-c2cc(Cl)cc(Cl)c2)nc(C)c1I. The van der Waals surface area contributed by atoms with Crippen molar-refractivity contribution in [2.45, 2.75) is 20.3 Å². The van der Waals surface area contributed by atoms with Crippen LogP contribution >= 0.6 is 45.8 Å². The molecule has 106 valence electrons. The summed E-state index contributed by atoms with van der Waals surface area (Å²) in [7, 11) is 0. The summed E-state index contributed by atoms with van der Waals surface area (Å²) in [5, 5.41) is 4.48. The molecule has 0 spiro atoms. The average Bonchev–Trinajstić information content (AvgIpc) is 2.39. The van der Waals surface area contributed by atoms with Gasteiger partial charge in [0.2, 0.25) is 0 Å². The summed E-state index contributed by atoms with van der Waals surface area (Å²) in [4.78, 5) is 9.09. The Hall–Kier alpha value is -0.590. The molecule has 6 heteroatoms. The smallest absolute Gasteiger partial charge is 0.161 e. The second-order valence-corrected chi connectivity index (χ2v) is 6.33. The lowest BCUT2D eigenvalue weighted by Gasteiger charge is -2.11. The number of hydrogen-bond donors (Lipinski definition) is 1. The topological polar surface area (TPSA) is 37.8 Å². The largest absolute Gasteiger partial charge is 0.369 e. The van der Waals surface area contributed by atoms with E-state index in [4.69, 9.17) is 23.2 Å². The first kappa shape index (κ1) is 15.8. The number of aromatic nitrogens is 2. The molecule has 0 aliphatic rings. The molecule has 0 bridgehead atoms. The highest BCUT2D eigenvalue weighted by atomic mass is 127. The summed E-state index contributed by atoms with van der Waals surface area (Å²) in [6.07, 6.45) is 1.04. The minimum Gasteiger partial charge on any atom is -0.369 e. The van der Waals surface area contributed by atoms with E-state index in [9.17, 15) is 0 Å². The Balaban J connectivity index is 2.48. The zero-order valence-corrected chi connectivity index (χ0v) is 14.8. The van der Waals surface area contributed by atoms with Gasteiger partial charge in [-0.3, -0.25) is 0 Å². The van der Waals surface area contributed by atoms with E-state index in [-0.39, 0.29) is 0 Å². The predicted octanol–water partition coefficient (Wildman–Crippen LogP) is 5.19. The number of benzene rings is 1. The Labute approximate surface area is 142 Å². The van der Waals surface area contributed by atoms with Crippen molar-refractivity contribution in [3.63, 3.8) is 0 Å². The molecule has 3 nitrogen and oxygen atoms in total. The van der Waals surface area contributed by atoms with E-state index in [0.29, 0.717) is 15.9 Å². The number of hydrogen-bond acceptors (Lipinski definition) is 3. The minimum atomic E-state index is 0.579. The molecular formula is C14H14Cl2IN3. The lowest BCUT2D eigenvalue weighted by atomic mass is 10.2. The van der Waals surface area contributed by atoms with E-state index in [1.54, 1.807) is 6.07 Å². The maximum Gasteiger partial charge on any atom is 0.161 e. The van der Waals surface area contributed by atoms with Gasteiger partial charge in [-0.25, -0.2) is 9.97 Å². The number of rotatable bonds is 4. The molecule has 2 aromatic rings. The van der Waals surface area contributed by atoms with E-state index < -0.39 is 0 Å². The van der Waals surface area contributed by atoms with Crippen LogP contribution in [0.3, 0.4) is 0 Å². The number of anilines is 1. The van der Waals surface area contributed by atoms with Crippen LogP contribution in [0.4, 0.5) is 5.82 Å². The van der Waals surface area contributed by atoms with E-state index >= 15 is 0 Å². The Kier molecular flexibility index (Phi) is 5.46. The number of aryl methyl sites for hydroxylation is 1.